The van der Waals surface area contributed by atoms with Crippen LogP contribution in [0.1, 0.15) is 5.56 Å². The Morgan fingerprint density at radius 2 is 1.34 bits per heavy atom. The molecule has 0 aliphatic carbocycles. The summed E-state index contributed by atoms with van der Waals surface area (Å²) in [6.07, 6.45) is 0. The molecule has 1 aromatic heterocycles. The van der Waals surface area contributed by atoms with Crippen LogP contribution >= 0.6 is 0 Å². The van der Waals surface area contributed by atoms with E-state index in [0.29, 0.717) is 6.54 Å². The van der Waals surface area contributed by atoms with Gasteiger partial charge in [0.15, 0.2) is 0 Å². The SMILES string of the molecule is O=c1[nH]c(-c2ccccc2)c(-c2cccc3ccccc23)n1Cc1ccccc1. The van der Waals surface area contributed by atoms with E-state index >= 15 is 0 Å². The molecule has 0 amide bonds. The third-order valence-electron chi connectivity index (χ3n) is 5.27. The summed E-state index contributed by atoms with van der Waals surface area (Å²) in [5.74, 6) is 0. The Morgan fingerprint density at radius 3 is 2.14 bits per heavy atom. The zero-order chi connectivity index (χ0) is 19.6. The maximum absolute atomic E-state index is 13.1. The zero-order valence-corrected chi connectivity index (χ0v) is 15.9. The average Bonchev–Trinajstić information content (AvgIpc) is 3.10. The molecule has 0 saturated heterocycles. The number of aromatic nitrogens is 2. The van der Waals surface area contributed by atoms with E-state index in [1.165, 1.54) is 0 Å². The Kier molecular flexibility index (Phi) is 4.34. The van der Waals surface area contributed by atoms with Gasteiger partial charge in [-0.2, -0.15) is 0 Å². The molecule has 0 radical (unpaired) electrons. The third kappa shape index (κ3) is 3.17. The quantitative estimate of drug-likeness (QED) is 0.428. The van der Waals surface area contributed by atoms with Crippen molar-refractivity contribution in [2.24, 2.45) is 0 Å². The summed E-state index contributed by atoms with van der Waals surface area (Å²) < 4.78 is 1.85. The van der Waals surface area contributed by atoms with Gasteiger partial charge in [-0.15, -0.1) is 0 Å². The lowest BCUT2D eigenvalue weighted by Crippen LogP contribution is -2.18. The predicted octanol–water partition coefficient (Wildman–Crippen LogP) is 5.71. The highest BCUT2D eigenvalue weighted by Crippen LogP contribution is 2.34. The molecule has 4 aromatic carbocycles. The van der Waals surface area contributed by atoms with Gasteiger partial charge in [-0.1, -0.05) is 103 Å². The van der Waals surface area contributed by atoms with Gasteiger partial charge >= 0.3 is 5.69 Å². The van der Waals surface area contributed by atoms with Crippen LogP contribution in [0.25, 0.3) is 33.3 Å². The molecule has 5 aromatic rings. The molecule has 0 unspecified atom stereocenters. The summed E-state index contributed by atoms with van der Waals surface area (Å²) in [7, 11) is 0. The first-order valence-corrected chi connectivity index (χ1v) is 9.71. The van der Waals surface area contributed by atoms with E-state index in [0.717, 1.165) is 38.9 Å². The normalized spacial score (nSPS) is 11.0. The molecule has 3 heteroatoms. The van der Waals surface area contributed by atoms with Crippen molar-refractivity contribution < 1.29 is 0 Å². The Balaban J connectivity index is 1.81. The number of nitrogens with zero attached hydrogens (tertiary/aromatic N) is 1. The van der Waals surface area contributed by atoms with E-state index < -0.39 is 0 Å². The van der Waals surface area contributed by atoms with Gasteiger partial charge in [-0.3, -0.25) is 4.57 Å². The van der Waals surface area contributed by atoms with E-state index in [4.69, 9.17) is 0 Å². The van der Waals surface area contributed by atoms with Crippen molar-refractivity contribution in [1.29, 1.82) is 0 Å². The first kappa shape index (κ1) is 17.3. The molecule has 0 saturated carbocycles. The molecule has 0 bridgehead atoms. The van der Waals surface area contributed by atoms with Crippen molar-refractivity contribution in [3.8, 4) is 22.5 Å². The topological polar surface area (TPSA) is 37.8 Å². The van der Waals surface area contributed by atoms with Crippen LogP contribution in [-0.2, 0) is 6.54 Å². The first-order valence-electron chi connectivity index (χ1n) is 9.71. The minimum absolute atomic E-state index is 0.101. The highest BCUT2D eigenvalue weighted by molar-refractivity contribution is 5.98. The predicted molar refractivity (Wildman–Crippen MR) is 119 cm³/mol. The minimum atomic E-state index is -0.101. The Morgan fingerprint density at radius 1 is 0.690 bits per heavy atom. The lowest BCUT2D eigenvalue weighted by Gasteiger charge is -2.13. The number of H-pyrrole nitrogens is 1. The first-order chi connectivity index (χ1) is 14.3. The van der Waals surface area contributed by atoms with Crippen LogP contribution in [0.4, 0.5) is 0 Å². The lowest BCUT2D eigenvalue weighted by atomic mass is 9.98. The molecule has 1 heterocycles. The highest BCUT2D eigenvalue weighted by atomic mass is 16.1. The van der Waals surface area contributed by atoms with Crippen LogP contribution in [0.3, 0.4) is 0 Å². The fourth-order valence-corrected chi connectivity index (χ4v) is 3.91. The van der Waals surface area contributed by atoms with Crippen molar-refractivity contribution in [2.75, 3.05) is 0 Å². The van der Waals surface area contributed by atoms with Gasteiger partial charge in [0.05, 0.1) is 17.9 Å². The van der Waals surface area contributed by atoms with E-state index in [2.05, 4.69) is 47.4 Å². The molecule has 1 N–H and O–H groups in total. The van der Waals surface area contributed by atoms with Crippen LogP contribution in [-0.4, -0.2) is 9.55 Å². The summed E-state index contributed by atoms with van der Waals surface area (Å²) in [6, 6.07) is 34.7. The maximum atomic E-state index is 13.1. The number of nitrogens with one attached hydrogen (secondary N) is 1. The molecule has 5 rings (SSSR count). The number of imidazole rings is 1. The molecular formula is C26H20N2O. The van der Waals surface area contributed by atoms with Gasteiger partial charge in [-0.25, -0.2) is 4.79 Å². The van der Waals surface area contributed by atoms with Crippen molar-refractivity contribution in [2.45, 2.75) is 6.54 Å². The van der Waals surface area contributed by atoms with Gasteiger partial charge in [0, 0.05) is 11.1 Å². The number of benzene rings is 4. The van der Waals surface area contributed by atoms with Gasteiger partial charge in [0.25, 0.3) is 0 Å². The Hall–Kier alpha value is -3.85. The Labute approximate surface area is 168 Å². The second-order valence-electron chi connectivity index (χ2n) is 7.12. The summed E-state index contributed by atoms with van der Waals surface area (Å²) >= 11 is 0. The molecule has 3 nitrogen and oxygen atoms in total. The minimum Gasteiger partial charge on any atom is -0.305 e. The van der Waals surface area contributed by atoms with Crippen LogP contribution in [0, 0.1) is 0 Å². The summed E-state index contributed by atoms with van der Waals surface area (Å²) in [5.41, 5.74) is 4.81. The number of rotatable bonds is 4. The fraction of sp³-hybridized carbons (Fsp3) is 0.0385. The second-order valence-corrected chi connectivity index (χ2v) is 7.12. The molecule has 0 spiro atoms. The average molecular weight is 376 g/mol. The fourth-order valence-electron chi connectivity index (χ4n) is 3.91. The third-order valence-corrected chi connectivity index (χ3v) is 5.27. The largest absolute Gasteiger partial charge is 0.326 e. The molecule has 0 atom stereocenters. The van der Waals surface area contributed by atoms with Gasteiger partial charge < -0.3 is 4.98 Å². The number of hydrogen-bond acceptors (Lipinski definition) is 1. The van der Waals surface area contributed by atoms with Crippen LogP contribution in [0.15, 0.2) is 108 Å². The number of aromatic amines is 1. The molecular weight excluding hydrogens is 356 g/mol. The van der Waals surface area contributed by atoms with Crippen molar-refractivity contribution in [3.63, 3.8) is 0 Å². The van der Waals surface area contributed by atoms with E-state index in [9.17, 15) is 4.79 Å². The van der Waals surface area contributed by atoms with E-state index in [1.54, 1.807) is 0 Å². The van der Waals surface area contributed by atoms with Crippen LogP contribution in [0.2, 0.25) is 0 Å². The zero-order valence-electron chi connectivity index (χ0n) is 15.9. The molecule has 29 heavy (non-hydrogen) atoms. The molecule has 0 fully saturated rings. The number of fused-ring (bicyclic) bond motifs is 1. The van der Waals surface area contributed by atoms with Crippen LogP contribution in [0.5, 0.6) is 0 Å². The highest BCUT2D eigenvalue weighted by Gasteiger charge is 2.19. The van der Waals surface area contributed by atoms with E-state index in [1.807, 2.05) is 65.2 Å². The molecule has 0 aliphatic heterocycles. The van der Waals surface area contributed by atoms with Crippen molar-refractivity contribution in [3.05, 3.63) is 119 Å². The van der Waals surface area contributed by atoms with Crippen molar-refractivity contribution >= 4 is 10.8 Å². The lowest BCUT2D eigenvalue weighted by molar-refractivity contribution is 0.769. The number of hydrogen-bond donors (Lipinski definition) is 1. The Bertz CT molecular complexity index is 1330. The van der Waals surface area contributed by atoms with E-state index in [-0.39, 0.29) is 5.69 Å². The monoisotopic (exact) mass is 376 g/mol. The maximum Gasteiger partial charge on any atom is 0.326 e. The molecule has 0 aliphatic rings. The van der Waals surface area contributed by atoms with Gasteiger partial charge in [0.2, 0.25) is 0 Å². The van der Waals surface area contributed by atoms with Crippen molar-refractivity contribution in [1.82, 2.24) is 9.55 Å². The van der Waals surface area contributed by atoms with Gasteiger partial charge in [-0.05, 0) is 16.3 Å². The van der Waals surface area contributed by atoms with Gasteiger partial charge in [0.1, 0.15) is 0 Å². The molecule has 140 valence electrons. The summed E-state index contributed by atoms with van der Waals surface area (Å²) in [5, 5.41) is 2.29. The van der Waals surface area contributed by atoms with Crippen LogP contribution < -0.4 is 5.69 Å². The second kappa shape index (κ2) is 7.28. The summed E-state index contributed by atoms with van der Waals surface area (Å²) in [6.45, 7) is 0.515. The standard InChI is InChI=1S/C26H20N2O/c29-26-27-24(21-13-5-2-6-14-21)25(28(26)18-19-10-3-1-4-11-19)23-17-9-15-20-12-7-8-16-22(20)23/h1-17H,18H2,(H,27,29). The summed E-state index contributed by atoms with van der Waals surface area (Å²) in [4.78, 5) is 16.2. The smallest absolute Gasteiger partial charge is 0.305 e.